The van der Waals surface area contributed by atoms with Crippen molar-refractivity contribution in [1.29, 1.82) is 0 Å². The van der Waals surface area contributed by atoms with E-state index in [1.807, 2.05) is 30.3 Å². The molecule has 0 N–H and O–H groups in total. The Bertz CT molecular complexity index is 235. The van der Waals surface area contributed by atoms with E-state index in [1.54, 1.807) is 0 Å². The molecule has 0 bridgehead atoms. The molecule has 0 aliphatic rings. The van der Waals surface area contributed by atoms with Gasteiger partial charge >= 0.3 is 0 Å². The maximum atomic E-state index is 13.5. The third-order valence-electron chi connectivity index (χ3n) is 2.25. The predicted octanol–water partition coefficient (Wildman–Crippen LogP) is 4.50. The highest BCUT2D eigenvalue weighted by atomic mass is 35.5. The highest BCUT2D eigenvalue weighted by Gasteiger charge is 2.07. The first-order valence-electron chi connectivity index (χ1n) is 5.09. The van der Waals surface area contributed by atoms with E-state index in [1.165, 1.54) is 0 Å². The molecule has 1 rings (SSSR count). The summed E-state index contributed by atoms with van der Waals surface area (Å²) < 4.78 is 13.5. The van der Waals surface area contributed by atoms with Gasteiger partial charge in [0.05, 0.1) is 0 Å². The number of rotatable bonds is 6. The Labute approximate surface area is 90.1 Å². The lowest BCUT2D eigenvalue weighted by atomic mass is 10.0. The first-order valence-corrected chi connectivity index (χ1v) is 5.63. The van der Waals surface area contributed by atoms with Crippen molar-refractivity contribution < 1.29 is 4.39 Å². The average molecular weight is 215 g/mol. The first kappa shape index (κ1) is 11.5. The summed E-state index contributed by atoms with van der Waals surface area (Å²) in [6.45, 7) is 0. The van der Waals surface area contributed by atoms with E-state index in [2.05, 4.69) is 0 Å². The van der Waals surface area contributed by atoms with Crippen LogP contribution in [0.5, 0.6) is 0 Å². The zero-order valence-corrected chi connectivity index (χ0v) is 9.01. The second kappa shape index (κ2) is 6.83. The predicted molar refractivity (Wildman–Crippen MR) is 59.5 cm³/mol. The normalized spacial score (nSPS) is 12.7. The maximum absolute atomic E-state index is 13.5. The quantitative estimate of drug-likeness (QED) is 0.483. The van der Waals surface area contributed by atoms with Crippen molar-refractivity contribution in [2.75, 3.05) is 5.88 Å². The Morgan fingerprint density at radius 2 is 1.79 bits per heavy atom. The van der Waals surface area contributed by atoms with Crippen molar-refractivity contribution in [3.8, 4) is 0 Å². The molecule has 0 spiro atoms. The maximum Gasteiger partial charge on any atom is 0.125 e. The number of benzene rings is 1. The van der Waals surface area contributed by atoms with Crippen molar-refractivity contribution in [2.45, 2.75) is 31.9 Å². The molecule has 0 aliphatic heterocycles. The molecule has 0 aliphatic carbocycles. The number of hydrogen-bond donors (Lipinski definition) is 0. The van der Waals surface area contributed by atoms with E-state index < -0.39 is 6.17 Å². The zero-order chi connectivity index (χ0) is 10.2. The molecule has 0 fully saturated rings. The smallest absolute Gasteiger partial charge is 0.125 e. The van der Waals surface area contributed by atoms with Crippen LogP contribution in [0.25, 0.3) is 0 Å². The van der Waals surface area contributed by atoms with Crippen LogP contribution < -0.4 is 0 Å². The van der Waals surface area contributed by atoms with Crippen molar-refractivity contribution in [3.05, 3.63) is 35.9 Å². The van der Waals surface area contributed by atoms with Crippen LogP contribution in [0.2, 0.25) is 0 Å². The fourth-order valence-corrected chi connectivity index (χ4v) is 1.61. The Morgan fingerprint density at radius 3 is 2.43 bits per heavy atom. The third kappa shape index (κ3) is 4.10. The van der Waals surface area contributed by atoms with Crippen molar-refractivity contribution in [3.63, 3.8) is 0 Å². The summed E-state index contributed by atoms with van der Waals surface area (Å²) >= 11 is 5.54. The lowest BCUT2D eigenvalue weighted by Gasteiger charge is -2.07. The molecule has 14 heavy (non-hydrogen) atoms. The van der Waals surface area contributed by atoms with Crippen molar-refractivity contribution in [2.24, 2.45) is 0 Å². The summed E-state index contributed by atoms with van der Waals surface area (Å²) in [5, 5.41) is 0. The van der Waals surface area contributed by atoms with Crippen LogP contribution in [0.3, 0.4) is 0 Å². The topological polar surface area (TPSA) is 0 Å². The van der Waals surface area contributed by atoms with Gasteiger partial charge in [-0.2, -0.15) is 0 Å². The minimum atomic E-state index is -0.813. The van der Waals surface area contributed by atoms with Gasteiger partial charge in [-0.1, -0.05) is 43.2 Å². The van der Waals surface area contributed by atoms with Crippen molar-refractivity contribution >= 4 is 11.6 Å². The molecule has 0 radical (unpaired) electrons. The SMILES string of the molecule is FC(CCCCCCl)c1ccccc1. The van der Waals surface area contributed by atoms with Gasteiger partial charge in [0.1, 0.15) is 6.17 Å². The van der Waals surface area contributed by atoms with Gasteiger partial charge in [-0.3, -0.25) is 0 Å². The highest BCUT2D eigenvalue weighted by molar-refractivity contribution is 6.17. The van der Waals surface area contributed by atoms with E-state index in [-0.39, 0.29) is 0 Å². The molecule has 78 valence electrons. The Kier molecular flexibility index (Phi) is 5.62. The monoisotopic (exact) mass is 214 g/mol. The summed E-state index contributed by atoms with van der Waals surface area (Å²) in [5.41, 5.74) is 0.790. The van der Waals surface area contributed by atoms with Crippen LogP contribution in [-0.4, -0.2) is 5.88 Å². The molecule has 0 saturated heterocycles. The molecule has 0 nitrogen and oxygen atoms in total. The Hall–Kier alpha value is -0.560. The summed E-state index contributed by atoms with van der Waals surface area (Å²) in [4.78, 5) is 0. The zero-order valence-electron chi connectivity index (χ0n) is 8.26. The lowest BCUT2D eigenvalue weighted by Crippen LogP contribution is -1.91. The van der Waals surface area contributed by atoms with Crippen molar-refractivity contribution in [1.82, 2.24) is 0 Å². The molecular formula is C12H16ClF. The van der Waals surface area contributed by atoms with E-state index in [0.717, 1.165) is 24.8 Å². The van der Waals surface area contributed by atoms with Gasteiger partial charge in [-0.25, -0.2) is 4.39 Å². The van der Waals surface area contributed by atoms with Crippen LogP contribution >= 0.6 is 11.6 Å². The van der Waals surface area contributed by atoms with Gasteiger partial charge in [0.2, 0.25) is 0 Å². The standard InChI is InChI=1S/C12H16ClF/c13-10-6-2-5-9-12(14)11-7-3-1-4-8-11/h1,3-4,7-8,12H,2,5-6,9-10H2. The molecule has 2 heteroatoms. The second-order valence-corrected chi connectivity index (χ2v) is 3.79. The van der Waals surface area contributed by atoms with E-state index in [0.29, 0.717) is 12.3 Å². The summed E-state index contributed by atoms with van der Waals surface area (Å²) in [5.74, 6) is 0.683. The number of halogens is 2. The van der Waals surface area contributed by atoms with Crippen LogP contribution in [0.4, 0.5) is 4.39 Å². The molecule has 1 aromatic rings. The van der Waals surface area contributed by atoms with Gasteiger partial charge < -0.3 is 0 Å². The second-order valence-electron chi connectivity index (χ2n) is 3.42. The first-order chi connectivity index (χ1) is 6.84. The molecule has 1 unspecified atom stereocenters. The molecule has 0 amide bonds. The van der Waals surface area contributed by atoms with Crippen LogP contribution in [0, 0.1) is 0 Å². The fourth-order valence-electron chi connectivity index (χ4n) is 1.42. The molecular weight excluding hydrogens is 199 g/mol. The number of alkyl halides is 2. The van der Waals surface area contributed by atoms with Gasteiger partial charge in [0.25, 0.3) is 0 Å². The minimum absolute atomic E-state index is 0.612. The van der Waals surface area contributed by atoms with E-state index in [4.69, 9.17) is 11.6 Å². The Balaban J connectivity index is 2.25. The van der Waals surface area contributed by atoms with Crippen LogP contribution in [-0.2, 0) is 0 Å². The minimum Gasteiger partial charge on any atom is -0.242 e. The molecule has 1 aromatic carbocycles. The average Bonchev–Trinajstić information content (AvgIpc) is 2.25. The van der Waals surface area contributed by atoms with E-state index >= 15 is 0 Å². The third-order valence-corrected chi connectivity index (χ3v) is 2.52. The lowest BCUT2D eigenvalue weighted by molar-refractivity contribution is 0.314. The van der Waals surface area contributed by atoms with Gasteiger partial charge in [-0.15, -0.1) is 11.6 Å². The fraction of sp³-hybridized carbons (Fsp3) is 0.500. The molecule has 0 aromatic heterocycles. The van der Waals surface area contributed by atoms with Gasteiger partial charge in [0.15, 0.2) is 0 Å². The summed E-state index contributed by atoms with van der Waals surface area (Å²) in [6.07, 6.45) is 2.73. The highest BCUT2D eigenvalue weighted by Crippen LogP contribution is 2.23. The van der Waals surface area contributed by atoms with Crippen LogP contribution in [0.1, 0.15) is 37.4 Å². The summed E-state index contributed by atoms with van der Waals surface area (Å²) in [6, 6.07) is 9.34. The Morgan fingerprint density at radius 1 is 1.07 bits per heavy atom. The number of hydrogen-bond acceptors (Lipinski definition) is 0. The molecule has 0 saturated carbocycles. The molecule has 0 heterocycles. The summed E-state index contributed by atoms with van der Waals surface area (Å²) in [7, 11) is 0. The van der Waals surface area contributed by atoms with Gasteiger partial charge in [-0.05, 0) is 18.4 Å². The van der Waals surface area contributed by atoms with E-state index in [9.17, 15) is 4.39 Å². The molecule has 1 atom stereocenters. The largest absolute Gasteiger partial charge is 0.242 e. The van der Waals surface area contributed by atoms with Gasteiger partial charge in [0, 0.05) is 5.88 Å². The van der Waals surface area contributed by atoms with Crippen LogP contribution in [0.15, 0.2) is 30.3 Å². The number of unbranched alkanes of at least 4 members (excludes halogenated alkanes) is 2.